The van der Waals surface area contributed by atoms with Crippen LogP contribution in [0, 0.1) is 0 Å². The van der Waals surface area contributed by atoms with E-state index in [-0.39, 0.29) is 22.5 Å². The van der Waals surface area contributed by atoms with Crippen molar-refractivity contribution < 1.29 is 39.6 Å². The van der Waals surface area contributed by atoms with Gasteiger partial charge in [0, 0.05) is 23.0 Å². The van der Waals surface area contributed by atoms with Gasteiger partial charge < -0.3 is 5.32 Å². The average Bonchev–Trinajstić information content (AvgIpc) is 2.73. The van der Waals surface area contributed by atoms with Crippen molar-refractivity contribution in [1.29, 1.82) is 0 Å². The van der Waals surface area contributed by atoms with Crippen LogP contribution < -0.4 is 5.32 Å². The summed E-state index contributed by atoms with van der Waals surface area (Å²) >= 11 is 0. The number of amides is 1. The standard InChI is InChI=1S/C20H12F6N2O3S/c21-19(22,23)16-2-1-11-27-17(16)12-3-5-13(6-4-12)18(29)28-14-7-9-15(10-8-14)32(30,31)20(24,25)26/h1-11H,(H,28,29). The first-order valence-corrected chi connectivity index (χ1v) is 10.1. The number of hydrogen-bond donors (Lipinski definition) is 1. The Hall–Kier alpha value is -3.41. The van der Waals surface area contributed by atoms with Crippen LogP contribution in [0.3, 0.4) is 0 Å². The first kappa shape index (κ1) is 23.3. The lowest BCUT2D eigenvalue weighted by molar-refractivity contribution is -0.137. The minimum Gasteiger partial charge on any atom is -0.322 e. The molecule has 0 spiro atoms. The van der Waals surface area contributed by atoms with Crippen LogP contribution in [0.25, 0.3) is 11.3 Å². The molecule has 3 aromatic rings. The minimum atomic E-state index is -5.52. The summed E-state index contributed by atoms with van der Waals surface area (Å²) < 4.78 is 99.9. The molecule has 1 aromatic heterocycles. The molecule has 0 aliphatic carbocycles. The number of halogens is 6. The van der Waals surface area contributed by atoms with Crippen molar-refractivity contribution in [3.63, 3.8) is 0 Å². The Kier molecular flexibility index (Phi) is 6.00. The highest BCUT2D eigenvalue weighted by atomic mass is 32.2. The van der Waals surface area contributed by atoms with Crippen molar-refractivity contribution >= 4 is 21.4 Å². The van der Waals surface area contributed by atoms with Crippen LogP contribution in [0.5, 0.6) is 0 Å². The second-order valence-corrected chi connectivity index (χ2v) is 8.34. The first-order chi connectivity index (χ1) is 14.8. The number of carbonyl (C=O) groups is 1. The lowest BCUT2D eigenvalue weighted by atomic mass is 10.0. The highest BCUT2D eigenvalue weighted by Gasteiger charge is 2.46. The van der Waals surface area contributed by atoms with Crippen molar-refractivity contribution in [2.24, 2.45) is 0 Å². The molecule has 1 heterocycles. The molecule has 1 N–H and O–H groups in total. The van der Waals surface area contributed by atoms with Gasteiger partial charge in [-0.2, -0.15) is 26.3 Å². The Bertz CT molecular complexity index is 1240. The fraction of sp³-hybridized carbons (Fsp3) is 0.100. The Morgan fingerprint density at radius 2 is 1.44 bits per heavy atom. The monoisotopic (exact) mass is 474 g/mol. The number of anilines is 1. The highest BCUT2D eigenvalue weighted by Crippen LogP contribution is 2.35. The summed E-state index contributed by atoms with van der Waals surface area (Å²) in [6.45, 7) is 0. The van der Waals surface area contributed by atoms with Crippen molar-refractivity contribution in [2.45, 2.75) is 16.6 Å². The summed E-state index contributed by atoms with van der Waals surface area (Å²) in [5.41, 5.74) is -6.52. The molecular formula is C20H12F6N2O3S. The number of sulfone groups is 1. The van der Waals surface area contributed by atoms with E-state index in [1.54, 1.807) is 0 Å². The number of aromatic nitrogens is 1. The van der Waals surface area contributed by atoms with Gasteiger partial charge in [-0.15, -0.1) is 0 Å². The van der Waals surface area contributed by atoms with Crippen LogP contribution in [-0.4, -0.2) is 24.8 Å². The molecule has 0 bridgehead atoms. The fourth-order valence-corrected chi connectivity index (χ4v) is 3.46. The van der Waals surface area contributed by atoms with Crippen molar-refractivity contribution in [3.05, 3.63) is 78.0 Å². The Morgan fingerprint density at radius 3 is 1.97 bits per heavy atom. The third-order valence-electron chi connectivity index (χ3n) is 4.26. The van der Waals surface area contributed by atoms with Crippen LogP contribution in [0.4, 0.5) is 32.0 Å². The van der Waals surface area contributed by atoms with E-state index in [2.05, 4.69) is 10.3 Å². The molecule has 32 heavy (non-hydrogen) atoms. The van der Waals surface area contributed by atoms with Crippen molar-refractivity contribution in [1.82, 2.24) is 4.98 Å². The normalized spacial score (nSPS) is 12.4. The Balaban J connectivity index is 1.78. The van der Waals surface area contributed by atoms with Gasteiger partial charge in [0.15, 0.2) is 0 Å². The molecule has 5 nitrogen and oxygen atoms in total. The molecule has 3 rings (SSSR count). The van der Waals surface area contributed by atoms with Crippen molar-refractivity contribution in [3.8, 4) is 11.3 Å². The van der Waals surface area contributed by atoms with E-state index in [9.17, 15) is 39.6 Å². The SMILES string of the molecule is O=C(Nc1ccc(S(=O)(=O)C(F)(F)F)cc1)c1ccc(-c2ncccc2C(F)(F)F)cc1. The van der Waals surface area contributed by atoms with Gasteiger partial charge in [-0.3, -0.25) is 9.78 Å². The molecular weight excluding hydrogens is 462 g/mol. The quantitative estimate of drug-likeness (QED) is 0.520. The summed E-state index contributed by atoms with van der Waals surface area (Å²) in [6.07, 6.45) is -3.42. The molecule has 168 valence electrons. The summed E-state index contributed by atoms with van der Waals surface area (Å²) in [4.78, 5) is 15.1. The van der Waals surface area contributed by atoms with E-state index >= 15 is 0 Å². The highest BCUT2D eigenvalue weighted by molar-refractivity contribution is 7.92. The summed E-state index contributed by atoms with van der Waals surface area (Å²) in [7, 11) is -5.52. The molecule has 0 fully saturated rings. The second kappa shape index (κ2) is 8.26. The van der Waals surface area contributed by atoms with Gasteiger partial charge in [-0.05, 0) is 48.5 Å². The lowest BCUT2D eigenvalue weighted by Gasteiger charge is -2.12. The zero-order chi connectivity index (χ0) is 23.7. The number of alkyl halides is 6. The van der Waals surface area contributed by atoms with Crippen molar-refractivity contribution in [2.75, 3.05) is 5.32 Å². The van der Waals surface area contributed by atoms with Crippen LogP contribution in [0.15, 0.2) is 71.8 Å². The summed E-state index contributed by atoms with van der Waals surface area (Å²) in [6, 6.07) is 10.4. The molecule has 0 saturated carbocycles. The number of nitrogens with one attached hydrogen (secondary N) is 1. The number of carbonyl (C=O) groups excluding carboxylic acids is 1. The molecule has 0 atom stereocenters. The van der Waals surface area contributed by atoms with Gasteiger partial charge in [-0.25, -0.2) is 8.42 Å². The van der Waals surface area contributed by atoms with E-state index in [1.807, 2.05) is 0 Å². The maximum atomic E-state index is 13.1. The van der Waals surface area contributed by atoms with E-state index in [4.69, 9.17) is 0 Å². The number of benzene rings is 2. The van der Waals surface area contributed by atoms with Gasteiger partial charge in [0.1, 0.15) is 0 Å². The third-order valence-corrected chi connectivity index (χ3v) is 5.76. The second-order valence-electron chi connectivity index (χ2n) is 6.40. The molecule has 0 unspecified atom stereocenters. The Labute approximate surface area is 177 Å². The van der Waals surface area contributed by atoms with E-state index < -0.39 is 37.9 Å². The largest absolute Gasteiger partial charge is 0.501 e. The molecule has 0 saturated heterocycles. The molecule has 2 aromatic carbocycles. The maximum absolute atomic E-state index is 13.1. The van der Waals surface area contributed by atoms with Gasteiger partial charge >= 0.3 is 11.7 Å². The lowest BCUT2D eigenvalue weighted by Crippen LogP contribution is -2.23. The summed E-state index contributed by atoms with van der Waals surface area (Å²) in [5, 5.41) is 2.36. The van der Waals surface area contributed by atoms with E-state index in [1.165, 1.54) is 30.5 Å². The number of pyridine rings is 1. The number of nitrogens with zero attached hydrogens (tertiary/aromatic N) is 1. The Morgan fingerprint density at radius 1 is 0.844 bits per heavy atom. The van der Waals surface area contributed by atoms with Crippen LogP contribution >= 0.6 is 0 Å². The van der Waals surface area contributed by atoms with Crippen LogP contribution in [0.2, 0.25) is 0 Å². The number of rotatable bonds is 4. The average molecular weight is 474 g/mol. The molecule has 0 radical (unpaired) electrons. The third kappa shape index (κ3) is 4.74. The molecule has 12 heteroatoms. The van der Waals surface area contributed by atoms with Crippen LogP contribution in [0.1, 0.15) is 15.9 Å². The topological polar surface area (TPSA) is 76.1 Å². The molecule has 0 aliphatic heterocycles. The predicted octanol–water partition coefficient (Wildman–Crippen LogP) is 5.31. The van der Waals surface area contributed by atoms with Gasteiger partial charge in [0.25, 0.3) is 15.7 Å². The zero-order valence-electron chi connectivity index (χ0n) is 15.7. The maximum Gasteiger partial charge on any atom is 0.501 e. The van der Waals surface area contributed by atoms with Gasteiger partial charge in [0.2, 0.25) is 0 Å². The van der Waals surface area contributed by atoms with Crippen LogP contribution in [-0.2, 0) is 16.0 Å². The minimum absolute atomic E-state index is 0.0179. The zero-order valence-corrected chi connectivity index (χ0v) is 16.5. The van der Waals surface area contributed by atoms with E-state index in [0.717, 1.165) is 24.3 Å². The summed E-state index contributed by atoms with van der Waals surface area (Å²) in [5.74, 6) is -0.708. The van der Waals surface area contributed by atoms with Gasteiger partial charge in [0.05, 0.1) is 16.2 Å². The first-order valence-electron chi connectivity index (χ1n) is 8.66. The van der Waals surface area contributed by atoms with Gasteiger partial charge in [-0.1, -0.05) is 12.1 Å². The fourth-order valence-electron chi connectivity index (χ4n) is 2.70. The van der Waals surface area contributed by atoms with E-state index in [0.29, 0.717) is 12.1 Å². The molecule has 1 amide bonds. The predicted molar refractivity (Wildman–Crippen MR) is 102 cm³/mol. The number of hydrogen-bond acceptors (Lipinski definition) is 4. The molecule has 0 aliphatic rings. The smallest absolute Gasteiger partial charge is 0.322 e.